The first kappa shape index (κ1) is 22.0. The van der Waals surface area contributed by atoms with Gasteiger partial charge in [-0.1, -0.05) is 11.8 Å². The molecule has 1 N–H and O–H groups in total. The third-order valence-corrected chi connectivity index (χ3v) is 6.34. The van der Waals surface area contributed by atoms with Crippen LogP contribution in [0.1, 0.15) is 29.9 Å². The topological polar surface area (TPSA) is 95.6 Å². The summed E-state index contributed by atoms with van der Waals surface area (Å²) in [4.78, 5) is 29.7. The van der Waals surface area contributed by atoms with Crippen LogP contribution in [-0.2, 0) is 24.2 Å². The standard InChI is InChI=1S/C23H25N3O5S/c1-29-17-10-15(11-18(12-17)30-2)24-21(27)14-32-22-19-7-3-4-8-20(19)26(23(28)25-22)13-16-6-5-9-31-16/h5-6,9-12H,3-4,7-8,13-14H2,1-2H3,(H,24,27). The van der Waals surface area contributed by atoms with Crippen molar-refractivity contribution < 1.29 is 18.7 Å². The van der Waals surface area contributed by atoms with E-state index in [1.54, 1.807) is 49.3 Å². The molecule has 0 radical (unpaired) electrons. The Morgan fingerprint density at radius 2 is 1.94 bits per heavy atom. The van der Waals surface area contributed by atoms with Gasteiger partial charge in [0.25, 0.3) is 0 Å². The van der Waals surface area contributed by atoms with Crippen LogP contribution in [0.3, 0.4) is 0 Å². The lowest BCUT2D eigenvalue weighted by molar-refractivity contribution is -0.113. The molecule has 0 fully saturated rings. The Bertz CT molecular complexity index is 1130. The highest BCUT2D eigenvalue weighted by Gasteiger charge is 2.21. The number of furan rings is 1. The molecule has 0 bridgehead atoms. The fraction of sp³-hybridized carbons (Fsp3) is 0.348. The molecule has 0 saturated carbocycles. The molecule has 1 aliphatic rings. The number of carbonyl (C=O) groups excluding carboxylic acids is 1. The first-order valence-corrected chi connectivity index (χ1v) is 11.4. The molecule has 0 atom stereocenters. The minimum Gasteiger partial charge on any atom is -0.497 e. The number of rotatable bonds is 8. The highest BCUT2D eigenvalue weighted by molar-refractivity contribution is 8.00. The highest BCUT2D eigenvalue weighted by atomic mass is 32.2. The number of aromatic nitrogens is 2. The second kappa shape index (κ2) is 9.95. The van der Waals surface area contributed by atoms with Crippen LogP contribution in [0.5, 0.6) is 11.5 Å². The zero-order valence-corrected chi connectivity index (χ0v) is 18.9. The zero-order valence-electron chi connectivity index (χ0n) is 18.1. The lowest BCUT2D eigenvalue weighted by Gasteiger charge is -2.22. The Labute approximate surface area is 189 Å². The Kier molecular flexibility index (Phi) is 6.84. The molecule has 1 aliphatic carbocycles. The molecular formula is C23H25N3O5S. The summed E-state index contributed by atoms with van der Waals surface area (Å²) >= 11 is 1.29. The van der Waals surface area contributed by atoms with E-state index in [0.717, 1.165) is 42.7 Å². The van der Waals surface area contributed by atoms with Crippen LogP contribution in [-0.4, -0.2) is 35.4 Å². The molecule has 168 valence electrons. The number of carbonyl (C=O) groups is 1. The Morgan fingerprint density at radius 1 is 1.19 bits per heavy atom. The molecule has 2 aromatic heterocycles. The van der Waals surface area contributed by atoms with E-state index >= 15 is 0 Å². The van der Waals surface area contributed by atoms with E-state index in [0.29, 0.717) is 28.8 Å². The van der Waals surface area contributed by atoms with Crippen LogP contribution in [0.2, 0.25) is 0 Å². The molecule has 0 saturated heterocycles. The summed E-state index contributed by atoms with van der Waals surface area (Å²) in [6, 6.07) is 8.84. The lowest BCUT2D eigenvalue weighted by Crippen LogP contribution is -2.30. The largest absolute Gasteiger partial charge is 0.497 e. The minimum atomic E-state index is -0.317. The van der Waals surface area contributed by atoms with Gasteiger partial charge in [0.1, 0.15) is 22.3 Å². The van der Waals surface area contributed by atoms with Gasteiger partial charge in [-0.2, -0.15) is 4.98 Å². The summed E-state index contributed by atoms with van der Waals surface area (Å²) in [5.41, 5.74) is 2.31. The van der Waals surface area contributed by atoms with E-state index < -0.39 is 0 Å². The first-order valence-electron chi connectivity index (χ1n) is 10.4. The SMILES string of the molecule is COc1cc(NC(=O)CSc2nc(=O)n(Cc3ccco3)c3c2CCCC3)cc(OC)c1. The van der Waals surface area contributed by atoms with Crippen molar-refractivity contribution in [3.8, 4) is 11.5 Å². The smallest absolute Gasteiger partial charge is 0.349 e. The molecule has 32 heavy (non-hydrogen) atoms. The summed E-state index contributed by atoms with van der Waals surface area (Å²) in [6.45, 7) is 0.365. The van der Waals surface area contributed by atoms with Gasteiger partial charge >= 0.3 is 5.69 Å². The van der Waals surface area contributed by atoms with E-state index in [2.05, 4.69) is 10.3 Å². The van der Waals surface area contributed by atoms with Gasteiger partial charge in [0, 0.05) is 35.1 Å². The Morgan fingerprint density at radius 3 is 2.62 bits per heavy atom. The van der Waals surface area contributed by atoms with E-state index in [9.17, 15) is 9.59 Å². The van der Waals surface area contributed by atoms with Crippen LogP contribution >= 0.6 is 11.8 Å². The molecule has 2 heterocycles. The zero-order chi connectivity index (χ0) is 22.5. The molecule has 3 aromatic rings. The number of anilines is 1. The molecule has 0 aliphatic heterocycles. The van der Waals surface area contributed by atoms with Crippen molar-refractivity contribution in [1.29, 1.82) is 0 Å². The summed E-state index contributed by atoms with van der Waals surface area (Å²) in [5.74, 6) is 1.83. The van der Waals surface area contributed by atoms with Crippen LogP contribution < -0.4 is 20.5 Å². The molecule has 8 nitrogen and oxygen atoms in total. The quantitative estimate of drug-likeness (QED) is 0.410. The number of ether oxygens (including phenoxy) is 2. The van der Waals surface area contributed by atoms with Crippen LogP contribution in [0.15, 0.2) is 50.8 Å². The Hall–Kier alpha value is -3.20. The number of benzene rings is 1. The second-order valence-electron chi connectivity index (χ2n) is 7.44. The van der Waals surface area contributed by atoms with Gasteiger partial charge in [0.2, 0.25) is 5.91 Å². The number of hydrogen-bond donors (Lipinski definition) is 1. The highest BCUT2D eigenvalue weighted by Crippen LogP contribution is 2.30. The number of nitrogens with one attached hydrogen (secondary N) is 1. The third-order valence-electron chi connectivity index (χ3n) is 5.32. The van der Waals surface area contributed by atoms with Gasteiger partial charge < -0.3 is 19.2 Å². The number of amides is 1. The molecule has 9 heteroatoms. The van der Waals surface area contributed by atoms with Gasteiger partial charge in [-0.25, -0.2) is 4.79 Å². The number of methoxy groups -OCH3 is 2. The monoisotopic (exact) mass is 455 g/mol. The maximum absolute atomic E-state index is 12.8. The van der Waals surface area contributed by atoms with E-state index in [-0.39, 0.29) is 17.3 Å². The molecule has 4 rings (SSSR count). The van der Waals surface area contributed by atoms with E-state index in [1.165, 1.54) is 11.8 Å². The molecule has 1 amide bonds. The molecular weight excluding hydrogens is 430 g/mol. The fourth-order valence-corrected chi connectivity index (χ4v) is 4.68. The number of hydrogen-bond acceptors (Lipinski definition) is 7. The average molecular weight is 456 g/mol. The normalized spacial score (nSPS) is 12.8. The summed E-state index contributed by atoms with van der Waals surface area (Å²) in [5, 5.41) is 3.49. The van der Waals surface area contributed by atoms with Crippen LogP contribution in [0, 0.1) is 0 Å². The minimum absolute atomic E-state index is 0.139. The van der Waals surface area contributed by atoms with Gasteiger partial charge in [-0.15, -0.1) is 0 Å². The van der Waals surface area contributed by atoms with Crippen molar-refractivity contribution in [3.05, 3.63) is 64.1 Å². The average Bonchev–Trinajstić information content (AvgIpc) is 3.32. The van der Waals surface area contributed by atoms with Gasteiger partial charge in [-0.05, 0) is 37.8 Å². The van der Waals surface area contributed by atoms with Crippen molar-refractivity contribution >= 4 is 23.4 Å². The van der Waals surface area contributed by atoms with Crippen LogP contribution in [0.4, 0.5) is 5.69 Å². The van der Waals surface area contributed by atoms with Crippen molar-refractivity contribution in [2.24, 2.45) is 0 Å². The summed E-state index contributed by atoms with van der Waals surface area (Å²) in [7, 11) is 3.11. The third kappa shape index (κ3) is 4.99. The summed E-state index contributed by atoms with van der Waals surface area (Å²) < 4.78 is 17.6. The van der Waals surface area contributed by atoms with Gasteiger partial charge in [0.05, 0.1) is 32.8 Å². The second-order valence-corrected chi connectivity index (χ2v) is 8.40. The summed E-state index contributed by atoms with van der Waals surface area (Å²) in [6.07, 6.45) is 5.32. The van der Waals surface area contributed by atoms with Gasteiger partial charge in [-0.3, -0.25) is 9.36 Å². The van der Waals surface area contributed by atoms with Crippen molar-refractivity contribution in [1.82, 2.24) is 9.55 Å². The van der Waals surface area contributed by atoms with Crippen molar-refractivity contribution in [2.75, 3.05) is 25.3 Å². The predicted molar refractivity (Wildman–Crippen MR) is 122 cm³/mol. The van der Waals surface area contributed by atoms with E-state index in [1.807, 2.05) is 6.07 Å². The Balaban J connectivity index is 1.50. The van der Waals surface area contributed by atoms with Crippen LogP contribution in [0.25, 0.3) is 0 Å². The van der Waals surface area contributed by atoms with E-state index in [4.69, 9.17) is 13.9 Å². The molecule has 0 spiro atoms. The fourth-order valence-electron chi connectivity index (χ4n) is 3.80. The number of thioether (sulfide) groups is 1. The molecule has 1 aromatic carbocycles. The maximum Gasteiger partial charge on any atom is 0.349 e. The van der Waals surface area contributed by atoms with Crippen molar-refractivity contribution in [2.45, 2.75) is 37.3 Å². The number of fused-ring (bicyclic) bond motifs is 1. The predicted octanol–water partition coefficient (Wildman–Crippen LogP) is 3.51. The van der Waals surface area contributed by atoms with Crippen molar-refractivity contribution in [3.63, 3.8) is 0 Å². The first-order chi connectivity index (χ1) is 15.6. The maximum atomic E-state index is 12.8. The lowest BCUT2D eigenvalue weighted by atomic mass is 9.97. The molecule has 0 unspecified atom stereocenters. The number of nitrogens with zero attached hydrogens (tertiary/aromatic N) is 2. The van der Waals surface area contributed by atoms with Gasteiger partial charge in [0.15, 0.2) is 0 Å².